The second-order valence-electron chi connectivity index (χ2n) is 5.41. The fraction of sp³-hybridized carbons (Fsp3) is 0.538. The number of halogens is 1. The quantitative estimate of drug-likeness (QED) is 0.926. The summed E-state index contributed by atoms with van der Waals surface area (Å²) in [5.74, 6) is 1.62. The van der Waals surface area contributed by atoms with Crippen molar-refractivity contribution in [1.29, 1.82) is 0 Å². The summed E-state index contributed by atoms with van der Waals surface area (Å²) in [5, 5.41) is 3.51. The molecule has 110 valence electrons. The minimum atomic E-state index is 0.165. The number of ether oxygens (including phenoxy) is 1. The zero-order chi connectivity index (χ0) is 14.2. The van der Waals surface area contributed by atoms with Gasteiger partial charge in [-0.2, -0.15) is 15.0 Å². The third-order valence-electron chi connectivity index (χ3n) is 3.87. The van der Waals surface area contributed by atoms with E-state index in [1.165, 1.54) is 12.8 Å². The first-order chi connectivity index (χ1) is 10.3. The SMILES string of the molecule is Clc1nc(NC2CCOC2C2CC2)nc(-n2ccnc2)n1. The summed E-state index contributed by atoms with van der Waals surface area (Å²) in [6.45, 7) is 0.784. The van der Waals surface area contributed by atoms with Gasteiger partial charge in [0.2, 0.25) is 17.2 Å². The average molecular weight is 307 g/mol. The van der Waals surface area contributed by atoms with Crippen molar-refractivity contribution >= 4 is 17.5 Å². The minimum Gasteiger partial charge on any atom is -0.376 e. The van der Waals surface area contributed by atoms with Crippen molar-refractivity contribution in [3.8, 4) is 5.95 Å². The summed E-state index contributed by atoms with van der Waals surface area (Å²) in [6.07, 6.45) is 8.78. The number of hydrogen-bond donors (Lipinski definition) is 1. The topological polar surface area (TPSA) is 77.8 Å². The van der Waals surface area contributed by atoms with E-state index in [-0.39, 0.29) is 17.4 Å². The van der Waals surface area contributed by atoms with Crippen LogP contribution >= 0.6 is 11.6 Å². The van der Waals surface area contributed by atoms with Crippen LogP contribution in [0.1, 0.15) is 19.3 Å². The van der Waals surface area contributed by atoms with Crippen molar-refractivity contribution in [2.45, 2.75) is 31.4 Å². The molecule has 0 spiro atoms. The first-order valence-corrected chi connectivity index (χ1v) is 7.45. The van der Waals surface area contributed by atoms with Crippen molar-refractivity contribution < 1.29 is 4.74 Å². The van der Waals surface area contributed by atoms with Crippen LogP contribution in [0.5, 0.6) is 0 Å². The molecule has 3 heterocycles. The van der Waals surface area contributed by atoms with E-state index in [1.807, 2.05) is 0 Å². The standard InChI is InChI=1S/C13H15ClN6O/c14-11-17-12(19-13(18-11)20-5-4-15-7-20)16-9-3-6-21-10(9)8-1-2-8/h4-5,7-10H,1-3,6H2,(H,16,17,18,19). The molecule has 2 fully saturated rings. The van der Waals surface area contributed by atoms with Gasteiger partial charge in [-0.15, -0.1) is 0 Å². The Morgan fingerprint density at radius 2 is 2.14 bits per heavy atom. The van der Waals surface area contributed by atoms with Gasteiger partial charge in [0, 0.05) is 19.0 Å². The molecule has 2 aliphatic rings. The molecule has 4 rings (SSSR count). The molecule has 2 aromatic rings. The van der Waals surface area contributed by atoms with Crippen LogP contribution in [-0.2, 0) is 4.74 Å². The third kappa shape index (κ3) is 2.71. The highest BCUT2D eigenvalue weighted by Gasteiger charge is 2.40. The second-order valence-corrected chi connectivity index (χ2v) is 5.75. The van der Waals surface area contributed by atoms with Crippen LogP contribution in [-0.4, -0.2) is 43.3 Å². The van der Waals surface area contributed by atoms with Crippen LogP contribution in [0.25, 0.3) is 5.95 Å². The van der Waals surface area contributed by atoms with Crippen LogP contribution < -0.4 is 5.32 Å². The van der Waals surface area contributed by atoms with Gasteiger partial charge >= 0.3 is 0 Å². The highest BCUT2D eigenvalue weighted by molar-refractivity contribution is 6.28. The monoisotopic (exact) mass is 306 g/mol. The Kier molecular flexibility index (Phi) is 3.23. The van der Waals surface area contributed by atoms with Crippen molar-refractivity contribution in [1.82, 2.24) is 24.5 Å². The Labute approximate surface area is 126 Å². The molecule has 2 aromatic heterocycles. The molecule has 2 unspecified atom stereocenters. The summed E-state index contributed by atoms with van der Waals surface area (Å²) >= 11 is 6.00. The van der Waals surface area contributed by atoms with Gasteiger partial charge < -0.3 is 10.1 Å². The number of nitrogens with one attached hydrogen (secondary N) is 1. The Balaban J connectivity index is 1.57. The molecule has 7 nitrogen and oxygen atoms in total. The van der Waals surface area contributed by atoms with Crippen LogP contribution in [0.3, 0.4) is 0 Å². The van der Waals surface area contributed by atoms with Gasteiger partial charge in [0.1, 0.15) is 6.33 Å². The number of aromatic nitrogens is 5. The van der Waals surface area contributed by atoms with E-state index in [0.717, 1.165) is 13.0 Å². The van der Waals surface area contributed by atoms with Gasteiger partial charge in [-0.05, 0) is 36.8 Å². The molecule has 0 amide bonds. The summed E-state index contributed by atoms with van der Waals surface area (Å²) in [7, 11) is 0. The summed E-state index contributed by atoms with van der Waals surface area (Å²) in [5.41, 5.74) is 0. The van der Waals surface area contributed by atoms with Gasteiger partial charge in [0.05, 0.1) is 12.1 Å². The zero-order valence-electron chi connectivity index (χ0n) is 11.3. The average Bonchev–Trinajstić information content (AvgIpc) is 2.99. The molecular formula is C13H15ClN6O. The molecule has 2 atom stereocenters. The highest BCUT2D eigenvalue weighted by atomic mass is 35.5. The molecule has 21 heavy (non-hydrogen) atoms. The van der Waals surface area contributed by atoms with E-state index < -0.39 is 0 Å². The maximum absolute atomic E-state index is 6.00. The minimum absolute atomic E-state index is 0.165. The lowest BCUT2D eigenvalue weighted by atomic mass is 10.1. The molecule has 1 saturated carbocycles. The lowest BCUT2D eigenvalue weighted by molar-refractivity contribution is 0.0897. The number of nitrogens with zero attached hydrogens (tertiary/aromatic N) is 5. The van der Waals surface area contributed by atoms with Crippen molar-refractivity contribution in [3.63, 3.8) is 0 Å². The van der Waals surface area contributed by atoms with Gasteiger partial charge in [0.15, 0.2) is 0 Å². The second kappa shape index (κ2) is 5.23. The van der Waals surface area contributed by atoms with Gasteiger partial charge in [-0.1, -0.05) is 0 Å². The molecule has 1 aliphatic carbocycles. The summed E-state index contributed by atoms with van der Waals surface area (Å²) in [6, 6.07) is 0.242. The Hall–Kier alpha value is -1.73. The normalized spacial score (nSPS) is 25.2. The fourth-order valence-electron chi connectivity index (χ4n) is 2.72. The number of anilines is 1. The number of rotatable bonds is 4. The van der Waals surface area contributed by atoms with Crippen molar-refractivity contribution in [2.75, 3.05) is 11.9 Å². The zero-order valence-corrected chi connectivity index (χ0v) is 12.1. The third-order valence-corrected chi connectivity index (χ3v) is 4.04. The molecule has 0 bridgehead atoms. The van der Waals surface area contributed by atoms with Crippen molar-refractivity contribution in [2.24, 2.45) is 5.92 Å². The predicted molar refractivity (Wildman–Crippen MR) is 76.5 cm³/mol. The number of hydrogen-bond acceptors (Lipinski definition) is 6. The van der Waals surface area contributed by atoms with E-state index in [2.05, 4.69) is 25.3 Å². The lowest BCUT2D eigenvalue weighted by Gasteiger charge is -2.19. The molecule has 1 aliphatic heterocycles. The fourth-order valence-corrected chi connectivity index (χ4v) is 2.87. The van der Waals surface area contributed by atoms with E-state index in [1.54, 1.807) is 23.3 Å². The predicted octanol–water partition coefficient (Wildman–Crippen LogP) is 1.69. The van der Waals surface area contributed by atoms with Crippen LogP contribution in [0, 0.1) is 5.92 Å². The van der Waals surface area contributed by atoms with Crippen LogP contribution in [0.2, 0.25) is 5.28 Å². The summed E-state index contributed by atoms with van der Waals surface area (Å²) < 4.78 is 7.51. The van der Waals surface area contributed by atoms with Crippen LogP contribution in [0.4, 0.5) is 5.95 Å². The Bertz CT molecular complexity index is 630. The Morgan fingerprint density at radius 3 is 2.90 bits per heavy atom. The largest absolute Gasteiger partial charge is 0.376 e. The molecule has 0 radical (unpaired) electrons. The van der Waals surface area contributed by atoms with Gasteiger partial charge in [-0.25, -0.2) is 4.98 Å². The van der Waals surface area contributed by atoms with Crippen molar-refractivity contribution in [3.05, 3.63) is 24.0 Å². The highest BCUT2D eigenvalue weighted by Crippen LogP contribution is 2.39. The maximum atomic E-state index is 6.00. The van der Waals surface area contributed by atoms with E-state index in [9.17, 15) is 0 Å². The molecule has 1 saturated heterocycles. The smallest absolute Gasteiger partial charge is 0.241 e. The molecule has 0 aromatic carbocycles. The van der Waals surface area contributed by atoms with E-state index >= 15 is 0 Å². The molecule has 1 N–H and O–H groups in total. The van der Waals surface area contributed by atoms with E-state index in [0.29, 0.717) is 17.8 Å². The first kappa shape index (κ1) is 13.0. The first-order valence-electron chi connectivity index (χ1n) is 7.07. The molecular weight excluding hydrogens is 292 g/mol. The number of imidazole rings is 1. The Morgan fingerprint density at radius 1 is 1.24 bits per heavy atom. The van der Waals surface area contributed by atoms with Gasteiger partial charge in [0.25, 0.3) is 0 Å². The maximum Gasteiger partial charge on any atom is 0.241 e. The van der Waals surface area contributed by atoms with Gasteiger partial charge in [-0.3, -0.25) is 4.57 Å². The van der Waals surface area contributed by atoms with Crippen LogP contribution in [0.15, 0.2) is 18.7 Å². The molecule has 8 heteroatoms. The van der Waals surface area contributed by atoms with E-state index in [4.69, 9.17) is 16.3 Å². The lowest BCUT2D eigenvalue weighted by Crippen LogP contribution is -2.32. The summed E-state index contributed by atoms with van der Waals surface area (Å²) in [4.78, 5) is 16.7.